The first-order chi connectivity index (χ1) is 9.63. The van der Waals surface area contributed by atoms with Crippen molar-refractivity contribution >= 4 is 37.5 Å². The molecule has 0 saturated heterocycles. The lowest BCUT2D eigenvalue weighted by Gasteiger charge is -2.07. The average Bonchev–Trinajstić information content (AvgIpc) is 2.86. The lowest BCUT2D eigenvalue weighted by molar-refractivity contribution is 0.281. The predicted molar refractivity (Wildman–Crippen MR) is 78.7 cm³/mol. The van der Waals surface area contributed by atoms with E-state index in [1.807, 2.05) is 0 Å². The van der Waals surface area contributed by atoms with Gasteiger partial charge in [0.05, 0.1) is 5.52 Å². The highest BCUT2D eigenvalue weighted by Gasteiger charge is 2.08. The monoisotopic (exact) mass is 354 g/mol. The van der Waals surface area contributed by atoms with Gasteiger partial charge in [0.15, 0.2) is 11.6 Å². The topological polar surface area (TPSA) is 55.0 Å². The first-order valence-electron chi connectivity index (χ1n) is 5.68. The summed E-state index contributed by atoms with van der Waals surface area (Å²) < 4.78 is 20.1. The summed E-state index contributed by atoms with van der Waals surface area (Å²) >= 11 is 4.50. The van der Waals surface area contributed by atoms with E-state index in [-0.39, 0.29) is 17.9 Å². The summed E-state index contributed by atoms with van der Waals surface area (Å²) in [6.45, 7) is -0.000418. The van der Waals surface area contributed by atoms with Crippen molar-refractivity contribution in [2.24, 2.45) is 0 Å². The molecule has 0 atom stereocenters. The summed E-state index contributed by atoms with van der Waals surface area (Å²) in [7, 11) is 0. The first kappa shape index (κ1) is 13.3. The van der Waals surface area contributed by atoms with Gasteiger partial charge in [-0.25, -0.2) is 9.37 Å². The molecule has 2 aromatic heterocycles. The van der Waals surface area contributed by atoms with Gasteiger partial charge in [0.2, 0.25) is 0 Å². The third-order valence-electron chi connectivity index (χ3n) is 2.62. The van der Waals surface area contributed by atoms with Crippen LogP contribution in [0.15, 0.2) is 38.9 Å². The normalized spacial score (nSPS) is 10.9. The maximum absolute atomic E-state index is 13.6. The van der Waals surface area contributed by atoms with Crippen LogP contribution in [0.1, 0.15) is 5.82 Å². The molecular weight excluding hydrogens is 347 g/mol. The second kappa shape index (κ2) is 5.34. The fraction of sp³-hybridized carbons (Fsp3) is 0.0769. The van der Waals surface area contributed by atoms with Crippen LogP contribution in [-0.2, 0) is 6.61 Å². The highest BCUT2D eigenvalue weighted by atomic mass is 79.9. The average molecular weight is 355 g/mol. The zero-order chi connectivity index (χ0) is 14.1. The number of fused-ring (bicyclic) bond motifs is 1. The van der Waals surface area contributed by atoms with Crippen LogP contribution in [0.2, 0.25) is 0 Å². The summed E-state index contributed by atoms with van der Waals surface area (Å²) in [5, 5.41) is 1.80. The number of halogens is 2. The molecule has 2 heterocycles. The van der Waals surface area contributed by atoms with E-state index in [0.29, 0.717) is 20.5 Å². The Balaban J connectivity index is 1.84. The molecule has 4 nitrogen and oxygen atoms in total. The van der Waals surface area contributed by atoms with E-state index in [4.69, 9.17) is 4.74 Å². The van der Waals surface area contributed by atoms with E-state index in [2.05, 4.69) is 25.9 Å². The minimum atomic E-state index is -0.474. The van der Waals surface area contributed by atoms with Gasteiger partial charge in [-0.05, 0) is 29.6 Å². The first-order valence-corrected chi connectivity index (χ1v) is 7.35. The number of aromatic amines is 1. The number of aromatic nitrogens is 2. The van der Waals surface area contributed by atoms with Crippen LogP contribution >= 0.6 is 27.3 Å². The van der Waals surface area contributed by atoms with Gasteiger partial charge in [-0.15, -0.1) is 11.3 Å². The van der Waals surface area contributed by atoms with Gasteiger partial charge in [0.25, 0.3) is 5.56 Å². The van der Waals surface area contributed by atoms with Crippen molar-refractivity contribution in [3.63, 3.8) is 0 Å². The Morgan fingerprint density at radius 2 is 2.25 bits per heavy atom. The Morgan fingerprint density at radius 3 is 3.05 bits per heavy atom. The standard InChI is InChI=1S/C13H8BrFN2O2S/c14-7-1-2-10(8(15)5-7)19-6-11-16-9-3-4-20-12(9)13(18)17-11/h1-5H,6H2,(H,16,17,18). The van der Waals surface area contributed by atoms with E-state index in [0.717, 1.165) is 0 Å². The van der Waals surface area contributed by atoms with Gasteiger partial charge < -0.3 is 9.72 Å². The molecule has 3 rings (SSSR count). The zero-order valence-electron chi connectivity index (χ0n) is 10.0. The van der Waals surface area contributed by atoms with Gasteiger partial charge in [-0.2, -0.15) is 0 Å². The minimum Gasteiger partial charge on any atom is -0.483 e. The summed E-state index contributed by atoms with van der Waals surface area (Å²) in [6.07, 6.45) is 0. The molecule has 0 spiro atoms. The van der Waals surface area contributed by atoms with Gasteiger partial charge in [-0.1, -0.05) is 15.9 Å². The molecule has 0 aliphatic heterocycles. The van der Waals surface area contributed by atoms with Crippen LogP contribution in [0.5, 0.6) is 5.75 Å². The number of ether oxygens (including phenoxy) is 1. The molecule has 3 aromatic rings. The van der Waals surface area contributed by atoms with Gasteiger partial charge >= 0.3 is 0 Å². The number of nitrogens with zero attached hydrogens (tertiary/aromatic N) is 1. The molecule has 7 heteroatoms. The van der Waals surface area contributed by atoms with Crippen LogP contribution in [0.25, 0.3) is 10.2 Å². The molecular formula is C13H8BrFN2O2S. The van der Waals surface area contributed by atoms with Crippen LogP contribution in [0.3, 0.4) is 0 Å². The predicted octanol–water partition coefficient (Wildman–Crippen LogP) is 3.47. The third kappa shape index (κ3) is 2.59. The molecule has 1 aromatic carbocycles. The van der Waals surface area contributed by atoms with Crippen molar-refractivity contribution in [1.82, 2.24) is 9.97 Å². The molecule has 1 N–H and O–H groups in total. The van der Waals surface area contributed by atoms with Crippen LogP contribution in [-0.4, -0.2) is 9.97 Å². The number of hydrogen-bond donors (Lipinski definition) is 1. The molecule has 0 saturated carbocycles. The van der Waals surface area contributed by atoms with Crippen molar-refractivity contribution in [3.8, 4) is 5.75 Å². The number of thiophene rings is 1. The van der Waals surface area contributed by atoms with Crippen molar-refractivity contribution < 1.29 is 9.13 Å². The van der Waals surface area contributed by atoms with E-state index >= 15 is 0 Å². The molecule has 0 bridgehead atoms. The second-order valence-electron chi connectivity index (χ2n) is 4.01. The van der Waals surface area contributed by atoms with Crippen molar-refractivity contribution in [2.45, 2.75) is 6.61 Å². The smallest absolute Gasteiger partial charge is 0.268 e. The summed E-state index contributed by atoms with van der Waals surface area (Å²) in [5.41, 5.74) is 0.411. The highest BCUT2D eigenvalue weighted by molar-refractivity contribution is 9.10. The highest BCUT2D eigenvalue weighted by Crippen LogP contribution is 2.22. The quantitative estimate of drug-likeness (QED) is 0.783. The zero-order valence-corrected chi connectivity index (χ0v) is 12.4. The van der Waals surface area contributed by atoms with E-state index in [1.54, 1.807) is 17.5 Å². The minimum absolute atomic E-state index is 0.000418. The molecule has 0 unspecified atom stereocenters. The Labute approximate surface area is 125 Å². The van der Waals surface area contributed by atoms with Crippen LogP contribution in [0, 0.1) is 5.82 Å². The van der Waals surface area contributed by atoms with Crippen LogP contribution < -0.4 is 10.3 Å². The van der Waals surface area contributed by atoms with Gasteiger partial charge in [-0.3, -0.25) is 4.79 Å². The Kier molecular flexibility index (Phi) is 3.54. The molecule has 0 fully saturated rings. The van der Waals surface area contributed by atoms with Crippen molar-refractivity contribution in [1.29, 1.82) is 0 Å². The number of nitrogens with one attached hydrogen (secondary N) is 1. The number of hydrogen-bond acceptors (Lipinski definition) is 4. The molecule has 20 heavy (non-hydrogen) atoms. The molecule has 0 amide bonds. The third-order valence-corrected chi connectivity index (χ3v) is 4.02. The molecule has 0 aliphatic carbocycles. The Morgan fingerprint density at radius 1 is 1.40 bits per heavy atom. The molecule has 0 radical (unpaired) electrons. The largest absolute Gasteiger partial charge is 0.483 e. The number of rotatable bonds is 3. The lowest BCUT2D eigenvalue weighted by Crippen LogP contribution is -2.12. The van der Waals surface area contributed by atoms with Gasteiger partial charge in [0, 0.05) is 4.47 Å². The van der Waals surface area contributed by atoms with E-state index in [9.17, 15) is 9.18 Å². The van der Waals surface area contributed by atoms with E-state index < -0.39 is 5.82 Å². The Bertz CT molecular complexity index is 831. The maximum Gasteiger partial charge on any atom is 0.268 e. The summed E-state index contributed by atoms with van der Waals surface area (Å²) in [5.74, 6) is 0.00261. The number of benzene rings is 1. The Hall–Kier alpha value is -1.73. The lowest BCUT2D eigenvalue weighted by atomic mass is 10.3. The van der Waals surface area contributed by atoms with E-state index in [1.165, 1.54) is 23.5 Å². The van der Waals surface area contributed by atoms with Crippen molar-refractivity contribution in [2.75, 3.05) is 0 Å². The summed E-state index contributed by atoms with van der Waals surface area (Å²) in [6, 6.07) is 6.27. The van der Waals surface area contributed by atoms with Gasteiger partial charge in [0.1, 0.15) is 17.1 Å². The molecule has 102 valence electrons. The number of H-pyrrole nitrogens is 1. The second-order valence-corrected chi connectivity index (χ2v) is 5.84. The van der Waals surface area contributed by atoms with Crippen LogP contribution in [0.4, 0.5) is 4.39 Å². The summed E-state index contributed by atoms with van der Waals surface area (Å²) in [4.78, 5) is 18.6. The van der Waals surface area contributed by atoms with Crippen molar-refractivity contribution in [3.05, 3.63) is 56.1 Å². The fourth-order valence-corrected chi connectivity index (χ4v) is 2.79. The molecule has 0 aliphatic rings. The fourth-order valence-electron chi connectivity index (χ4n) is 1.73. The maximum atomic E-state index is 13.6. The SMILES string of the molecule is O=c1[nH]c(COc2ccc(Br)cc2F)nc2ccsc12.